The molecule has 0 bridgehead atoms. The van der Waals surface area contributed by atoms with Gasteiger partial charge in [0.1, 0.15) is 5.75 Å². The van der Waals surface area contributed by atoms with Gasteiger partial charge in [0.2, 0.25) is 0 Å². The van der Waals surface area contributed by atoms with Crippen molar-refractivity contribution in [2.24, 2.45) is 0 Å². The lowest BCUT2D eigenvalue weighted by molar-refractivity contribution is -0.384. The molecule has 6 heteroatoms. The van der Waals surface area contributed by atoms with Gasteiger partial charge in [0, 0.05) is 34.1 Å². The Balaban J connectivity index is 2.16. The Morgan fingerprint density at radius 2 is 2.10 bits per heavy atom. The molecule has 0 saturated heterocycles. The van der Waals surface area contributed by atoms with Crippen LogP contribution in [-0.4, -0.2) is 11.0 Å². The number of hydrogen-bond donors (Lipinski definition) is 1. The molecule has 0 spiro atoms. The van der Waals surface area contributed by atoms with Crippen LogP contribution in [0.2, 0.25) is 0 Å². The molecule has 1 aromatic heterocycles. The Kier molecular flexibility index (Phi) is 4.80. The number of nitrogens with zero attached hydrogens (tertiary/aromatic N) is 1. The predicted octanol–water partition coefficient (Wildman–Crippen LogP) is 4.36. The van der Waals surface area contributed by atoms with E-state index in [0.29, 0.717) is 18.0 Å². The van der Waals surface area contributed by atoms with Crippen molar-refractivity contribution < 1.29 is 9.66 Å². The van der Waals surface area contributed by atoms with Gasteiger partial charge in [-0.05, 0) is 32.9 Å². The van der Waals surface area contributed by atoms with E-state index < -0.39 is 4.92 Å². The maximum absolute atomic E-state index is 11.0. The summed E-state index contributed by atoms with van der Waals surface area (Å²) in [5.74, 6) is 0.504. The zero-order valence-electron chi connectivity index (χ0n) is 12.3. The lowest BCUT2D eigenvalue weighted by Crippen LogP contribution is -2.06. The minimum absolute atomic E-state index is 0.0259. The SMILES string of the molecule is Cc1ccc(CNc2cc(OC(C)C)cc([N+](=O)[O-])c2)s1. The van der Waals surface area contributed by atoms with Crippen LogP contribution in [0.25, 0.3) is 0 Å². The largest absolute Gasteiger partial charge is 0.491 e. The van der Waals surface area contributed by atoms with Gasteiger partial charge in [-0.25, -0.2) is 0 Å². The number of benzene rings is 1. The van der Waals surface area contributed by atoms with Crippen LogP contribution in [0.1, 0.15) is 23.6 Å². The van der Waals surface area contributed by atoms with E-state index in [0.717, 1.165) is 0 Å². The quantitative estimate of drug-likeness (QED) is 0.636. The summed E-state index contributed by atoms with van der Waals surface area (Å²) in [4.78, 5) is 13.0. The lowest BCUT2D eigenvalue weighted by Gasteiger charge is -2.12. The summed E-state index contributed by atoms with van der Waals surface area (Å²) >= 11 is 1.70. The van der Waals surface area contributed by atoms with E-state index in [1.807, 2.05) is 13.8 Å². The topological polar surface area (TPSA) is 64.4 Å². The average molecular weight is 306 g/mol. The third kappa shape index (κ3) is 4.46. The second kappa shape index (κ2) is 6.58. The van der Waals surface area contributed by atoms with Crippen molar-refractivity contribution in [3.8, 4) is 5.75 Å². The minimum atomic E-state index is -0.409. The lowest BCUT2D eigenvalue weighted by atomic mass is 10.2. The van der Waals surface area contributed by atoms with Gasteiger partial charge in [-0.2, -0.15) is 0 Å². The van der Waals surface area contributed by atoms with Gasteiger partial charge in [-0.15, -0.1) is 11.3 Å². The van der Waals surface area contributed by atoms with Gasteiger partial charge in [-0.3, -0.25) is 10.1 Å². The van der Waals surface area contributed by atoms with E-state index in [1.54, 1.807) is 17.4 Å². The molecule has 0 aliphatic rings. The van der Waals surface area contributed by atoms with Crippen molar-refractivity contribution in [1.82, 2.24) is 0 Å². The molecule has 0 amide bonds. The Bertz CT molecular complexity index is 638. The van der Waals surface area contributed by atoms with Crippen molar-refractivity contribution >= 4 is 22.7 Å². The average Bonchev–Trinajstić information content (AvgIpc) is 2.81. The molecule has 0 radical (unpaired) electrons. The summed E-state index contributed by atoms with van der Waals surface area (Å²) in [5.41, 5.74) is 0.712. The van der Waals surface area contributed by atoms with Crippen LogP contribution in [0, 0.1) is 17.0 Å². The van der Waals surface area contributed by atoms with E-state index in [4.69, 9.17) is 4.74 Å². The van der Waals surface area contributed by atoms with E-state index in [9.17, 15) is 10.1 Å². The summed E-state index contributed by atoms with van der Waals surface area (Å²) in [5, 5.41) is 14.2. The molecule has 0 aliphatic carbocycles. The predicted molar refractivity (Wildman–Crippen MR) is 85.2 cm³/mol. The van der Waals surface area contributed by atoms with Gasteiger partial charge >= 0.3 is 0 Å². The Hall–Kier alpha value is -2.08. The first kappa shape index (κ1) is 15.3. The number of nitro groups is 1. The molecule has 112 valence electrons. The van der Waals surface area contributed by atoms with Gasteiger partial charge in [0.15, 0.2) is 0 Å². The number of non-ortho nitro benzene ring substituents is 1. The van der Waals surface area contributed by atoms with Crippen molar-refractivity contribution in [2.75, 3.05) is 5.32 Å². The Morgan fingerprint density at radius 3 is 2.67 bits per heavy atom. The number of rotatable bonds is 6. The fraction of sp³-hybridized carbons (Fsp3) is 0.333. The zero-order chi connectivity index (χ0) is 15.4. The van der Waals surface area contributed by atoms with Gasteiger partial charge in [0.05, 0.1) is 17.1 Å². The Labute approximate surface area is 127 Å². The third-order valence-corrected chi connectivity index (χ3v) is 3.74. The van der Waals surface area contributed by atoms with Gasteiger partial charge in [-0.1, -0.05) is 0 Å². The van der Waals surface area contributed by atoms with Gasteiger partial charge < -0.3 is 10.1 Å². The highest BCUT2D eigenvalue weighted by Crippen LogP contribution is 2.27. The molecule has 2 rings (SSSR count). The number of nitro benzene ring substituents is 1. The highest BCUT2D eigenvalue weighted by Gasteiger charge is 2.11. The molecule has 0 aliphatic heterocycles. The van der Waals surface area contributed by atoms with Crippen molar-refractivity contribution in [3.63, 3.8) is 0 Å². The molecule has 0 saturated carbocycles. The molecular formula is C15H18N2O3S. The molecule has 1 heterocycles. The molecule has 0 unspecified atom stereocenters. The van der Waals surface area contributed by atoms with E-state index in [2.05, 4.69) is 24.4 Å². The van der Waals surface area contributed by atoms with Gasteiger partial charge in [0.25, 0.3) is 5.69 Å². The van der Waals surface area contributed by atoms with Crippen LogP contribution >= 0.6 is 11.3 Å². The van der Waals surface area contributed by atoms with E-state index in [1.165, 1.54) is 21.9 Å². The third-order valence-electron chi connectivity index (χ3n) is 2.74. The van der Waals surface area contributed by atoms with E-state index in [-0.39, 0.29) is 11.8 Å². The number of aryl methyl sites for hydroxylation is 1. The molecular weight excluding hydrogens is 288 g/mol. The van der Waals surface area contributed by atoms with Crippen LogP contribution < -0.4 is 10.1 Å². The summed E-state index contributed by atoms with van der Waals surface area (Å²) in [6.07, 6.45) is -0.0280. The standard InChI is InChI=1S/C15H18N2O3S/c1-10(2)20-14-7-12(6-13(8-14)17(18)19)16-9-15-5-4-11(3)21-15/h4-8,10,16H,9H2,1-3H3. The number of hydrogen-bond acceptors (Lipinski definition) is 5. The summed E-state index contributed by atoms with van der Waals surface area (Å²) in [6, 6.07) is 8.86. The first-order valence-corrected chi connectivity index (χ1v) is 7.51. The zero-order valence-corrected chi connectivity index (χ0v) is 13.1. The smallest absolute Gasteiger partial charge is 0.275 e. The molecule has 2 aromatic rings. The summed E-state index contributed by atoms with van der Waals surface area (Å²) in [7, 11) is 0. The molecule has 0 fully saturated rings. The van der Waals surface area contributed by atoms with Crippen molar-refractivity contribution in [3.05, 3.63) is 50.2 Å². The maximum atomic E-state index is 11.0. The second-order valence-electron chi connectivity index (χ2n) is 5.01. The van der Waals surface area contributed by atoms with Crippen LogP contribution in [0.15, 0.2) is 30.3 Å². The fourth-order valence-electron chi connectivity index (χ4n) is 1.90. The summed E-state index contributed by atoms with van der Waals surface area (Å²) in [6.45, 7) is 6.47. The minimum Gasteiger partial charge on any atom is -0.491 e. The molecule has 1 aromatic carbocycles. The number of ether oxygens (including phenoxy) is 1. The highest BCUT2D eigenvalue weighted by atomic mass is 32.1. The second-order valence-corrected chi connectivity index (χ2v) is 6.38. The van der Waals surface area contributed by atoms with E-state index >= 15 is 0 Å². The normalized spacial score (nSPS) is 10.7. The van der Waals surface area contributed by atoms with Crippen LogP contribution in [0.3, 0.4) is 0 Å². The molecule has 21 heavy (non-hydrogen) atoms. The number of anilines is 1. The van der Waals surface area contributed by atoms with Crippen LogP contribution in [0.5, 0.6) is 5.75 Å². The van der Waals surface area contributed by atoms with Crippen molar-refractivity contribution in [1.29, 1.82) is 0 Å². The fourth-order valence-corrected chi connectivity index (χ4v) is 2.73. The molecule has 0 atom stereocenters. The summed E-state index contributed by atoms with van der Waals surface area (Å²) < 4.78 is 5.56. The highest BCUT2D eigenvalue weighted by molar-refractivity contribution is 7.11. The molecule has 1 N–H and O–H groups in total. The monoisotopic (exact) mass is 306 g/mol. The Morgan fingerprint density at radius 1 is 1.33 bits per heavy atom. The number of nitrogens with one attached hydrogen (secondary N) is 1. The van der Waals surface area contributed by atoms with Crippen LogP contribution in [0.4, 0.5) is 11.4 Å². The maximum Gasteiger partial charge on any atom is 0.275 e. The van der Waals surface area contributed by atoms with Crippen LogP contribution in [-0.2, 0) is 6.54 Å². The number of thiophene rings is 1. The first-order chi connectivity index (χ1) is 9.94. The molecule has 5 nitrogen and oxygen atoms in total. The first-order valence-electron chi connectivity index (χ1n) is 6.69. The van der Waals surface area contributed by atoms with Crippen molar-refractivity contribution in [2.45, 2.75) is 33.4 Å².